The van der Waals surface area contributed by atoms with Gasteiger partial charge in [-0.3, -0.25) is 9.69 Å². The number of aliphatic hydroxyl groups is 1. The molecule has 1 aliphatic heterocycles. The van der Waals surface area contributed by atoms with E-state index in [2.05, 4.69) is 28.7 Å². The lowest BCUT2D eigenvalue weighted by atomic mass is 9.83. The Hall–Kier alpha value is -2.15. The number of halogens is 1. The molecule has 0 spiro atoms. The summed E-state index contributed by atoms with van der Waals surface area (Å²) in [6.45, 7) is 12.0. The number of nitrogens with two attached hydrogens (primary N) is 1. The van der Waals surface area contributed by atoms with Crippen molar-refractivity contribution in [2.45, 2.75) is 77.0 Å². The number of carbonyl (C=O) groups excluding carboxylic acids is 1. The predicted molar refractivity (Wildman–Crippen MR) is 136 cm³/mol. The monoisotopic (exact) mass is 472 g/mol. The normalized spacial score (nSPS) is 26.9. The first-order valence-corrected chi connectivity index (χ1v) is 12.2. The molecule has 0 bridgehead atoms. The van der Waals surface area contributed by atoms with Crippen molar-refractivity contribution in [1.82, 2.24) is 15.2 Å². The number of amides is 1. The van der Waals surface area contributed by atoms with Crippen LogP contribution in [0.3, 0.4) is 0 Å². The zero-order valence-corrected chi connectivity index (χ0v) is 20.8. The number of nitrogens with one attached hydrogen (secondary N) is 1. The summed E-state index contributed by atoms with van der Waals surface area (Å²) in [6.07, 6.45) is 10.7. The van der Waals surface area contributed by atoms with Gasteiger partial charge in [-0.15, -0.1) is 0 Å². The van der Waals surface area contributed by atoms with E-state index in [4.69, 9.17) is 17.3 Å². The topological polar surface area (TPSA) is 91.5 Å². The van der Waals surface area contributed by atoms with Crippen LogP contribution in [0, 0.1) is 0 Å². The van der Waals surface area contributed by atoms with Gasteiger partial charge in [-0.05, 0) is 89.1 Å². The zero-order valence-electron chi connectivity index (χ0n) is 20.0. The zero-order chi connectivity index (χ0) is 24.2. The number of rotatable bonds is 7. The Bertz CT molecular complexity index is 944. The number of nitrogen functional groups attached to an aromatic ring is 1. The summed E-state index contributed by atoms with van der Waals surface area (Å²) < 4.78 is 0. The van der Waals surface area contributed by atoms with E-state index >= 15 is 0 Å². The minimum absolute atomic E-state index is 0.0209. The van der Waals surface area contributed by atoms with E-state index in [-0.39, 0.29) is 17.8 Å². The number of pyridine rings is 1. The van der Waals surface area contributed by atoms with E-state index in [0.717, 1.165) is 42.6 Å². The van der Waals surface area contributed by atoms with Gasteiger partial charge in [-0.2, -0.15) is 0 Å². The first-order valence-electron chi connectivity index (χ1n) is 11.8. The van der Waals surface area contributed by atoms with Gasteiger partial charge in [-0.25, -0.2) is 4.98 Å². The molecule has 0 unspecified atom stereocenters. The van der Waals surface area contributed by atoms with E-state index < -0.39 is 5.60 Å². The van der Waals surface area contributed by atoms with Gasteiger partial charge in [0.25, 0.3) is 5.91 Å². The van der Waals surface area contributed by atoms with Crippen molar-refractivity contribution in [3.8, 4) is 0 Å². The third-order valence-electron chi connectivity index (χ3n) is 6.91. The smallest absolute Gasteiger partial charge is 0.255 e. The molecule has 2 aliphatic rings. The van der Waals surface area contributed by atoms with Crippen LogP contribution in [0.4, 0.5) is 5.82 Å². The number of hydrogen-bond donors (Lipinski definition) is 3. The minimum Gasteiger partial charge on any atom is -0.390 e. The minimum atomic E-state index is -0.648. The summed E-state index contributed by atoms with van der Waals surface area (Å²) in [4.78, 5) is 19.6. The maximum atomic E-state index is 12.9. The summed E-state index contributed by atoms with van der Waals surface area (Å²) in [5.41, 5.74) is 8.23. The number of aromatic nitrogens is 1. The van der Waals surface area contributed by atoms with Crippen LogP contribution in [0.15, 0.2) is 41.6 Å². The predicted octanol–water partition coefficient (Wildman–Crippen LogP) is 4.65. The first kappa shape index (κ1) is 25.5. The van der Waals surface area contributed by atoms with Crippen LogP contribution in [0.25, 0.3) is 5.57 Å². The highest BCUT2D eigenvalue weighted by Crippen LogP contribution is 2.29. The van der Waals surface area contributed by atoms with Gasteiger partial charge in [0.05, 0.1) is 11.2 Å². The van der Waals surface area contributed by atoms with Crippen molar-refractivity contribution in [3.05, 3.63) is 52.7 Å². The highest BCUT2D eigenvalue weighted by atomic mass is 35.5. The van der Waals surface area contributed by atoms with Gasteiger partial charge < -0.3 is 16.2 Å². The summed E-state index contributed by atoms with van der Waals surface area (Å²) in [6, 6.07) is 2.33. The average Bonchev–Trinajstić information content (AvgIpc) is 3.18. The second-order valence-electron chi connectivity index (χ2n) is 9.70. The molecule has 0 aromatic carbocycles. The van der Waals surface area contributed by atoms with Crippen molar-refractivity contribution in [2.75, 3.05) is 18.8 Å². The second-order valence-corrected chi connectivity index (χ2v) is 10.1. The Kier molecular flexibility index (Phi) is 8.38. The van der Waals surface area contributed by atoms with Crippen LogP contribution in [-0.2, 0) is 0 Å². The number of likely N-dealkylation sites (tertiary alicyclic amines) is 1. The molecule has 3 rings (SSSR count). The largest absolute Gasteiger partial charge is 0.390 e. The van der Waals surface area contributed by atoms with Crippen molar-refractivity contribution >= 4 is 28.9 Å². The highest BCUT2D eigenvalue weighted by Gasteiger charge is 2.30. The maximum absolute atomic E-state index is 12.9. The average molecular weight is 473 g/mol. The van der Waals surface area contributed by atoms with Gasteiger partial charge in [0.15, 0.2) is 0 Å². The third kappa shape index (κ3) is 6.69. The Labute approximate surface area is 202 Å². The van der Waals surface area contributed by atoms with Gasteiger partial charge in [0, 0.05) is 35.4 Å². The molecule has 33 heavy (non-hydrogen) atoms. The lowest BCUT2D eigenvalue weighted by molar-refractivity contribution is 0.0140. The Balaban J connectivity index is 1.71. The van der Waals surface area contributed by atoms with Gasteiger partial charge in [0.1, 0.15) is 5.82 Å². The van der Waals surface area contributed by atoms with E-state index in [1.54, 1.807) is 12.3 Å². The number of hydrogen-bond acceptors (Lipinski definition) is 5. The summed E-state index contributed by atoms with van der Waals surface area (Å²) in [5, 5.41) is 13.8. The maximum Gasteiger partial charge on any atom is 0.255 e. The summed E-state index contributed by atoms with van der Waals surface area (Å²) in [7, 11) is 0. The van der Waals surface area contributed by atoms with Gasteiger partial charge in [0.2, 0.25) is 0 Å². The Morgan fingerprint density at radius 2 is 2.12 bits per heavy atom. The van der Waals surface area contributed by atoms with Gasteiger partial charge >= 0.3 is 0 Å². The molecule has 1 aromatic heterocycles. The van der Waals surface area contributed by atoms with E-state index in [1.807, 2.05) is 26.0 Å². The second kappa shape index (κ2) is 10.9. The molecule has 2 fully saturated rings. The Morgan fingerprint density at radius 3 is 2.73 bits per heavy atom. The lowest BCUT2D eigenvalue weighted by Crippen LogP contribution is -2.42. The molecule has 1 saturated heterocycles. The fourth-order valence-corrected chi connectivity index (χ4v) is 4.76. The highest BCUT2D eigenvalue weighted by molar-refractivity contribution is 6.32. The molecule has 1 atom stereocenters. The van der Waals surface area contributed by atoms with Crippen LogP contribution in [0.5, 0.6) is 0 Å². The fraction of sp³-hybridized carbons (Fsp3) is 0.538. The van der Waals surface area contributed by atoms with E-state index in [1.165, 1.54) is 12.8 Å². The molecule has 1 aliphatic carbocycles. The molecule has 0 radical (unpaired) electrons. The van der Waals surface area contributed by atoms with Crippen molar-refractivity contribution in [2.24, 2.45) is 0 Å². The molecule has 1 amide bonds. The van der Waals surface area contributed by atoms with E-state index in [9.17, 15) is 9.90 Å². The number of nitrogens with zero attached hydrogens (tertiary/aromatic N) is 2. The lowest BCUT2D eigenvalue weighted by Gasteiger charge is -2.33. The molecule has 2 heterocycles. The van der Waals surface area contributed by atoms with Crippen LogP contribution >= 0.6 is 11.6 Å². The summed E-state index contributed by atoms with van der Waals surface area (Å²) in [5.74, 6) is -0.0524. The third-order valence-corrected chi connectivity index (χ3v) is 7.29. The van der Waals surface area contributed by atoms with Gasteiger partial charge in [-0.1, -0.05) is 24.3 Å². The molecule has 6 nitrogen and oxygen atoms in total. The first-order chi connectivity index (χ1) is 15.6. The molecule has 1 saturated carbocycles. The van der Waals surface area contributed by atoms with Crippen LogP contribution in [0.1, 0.15) is 75.2 Å². The molecular formula is C26H37ClN4O2. The number of allylic oxidation sites excluding steroid dienone is 3. The van der Waals surface area contributed by atoms with Crippen LogP contribution < -0.4 is 11.1 Å². The molecule has 7 heteroatoms. The molecule has 180 valence electrons. The quantitative estimate of drug-likeness (QED) is 0.502. The molecule has 1 aromatic rings. The number of carbonyl (C=O) groups is 1. The summed E-state index contributed by atoms with van der Waals surface area (Å²) >= 11 is 6.62. The van der Waals surface area contributed by atoms with Crippen LogP contribution in [0.2, 0.25) is 0 Å². The van der Waals surface area contributed by atoms with Crippen molar-refractivity contribution in [1.29, 1.82) is 0 Å². The van der Waals surface area contributed by atoms with Crippen molar-refractivity contribution in [3.63, 3.8) is 0 Å². The standard InChI is InChI=1S/C26H37ClN4O2/c1-5-19(14-23(27)17(2)16-31-12-6-7-18(31)3)20-13-22(24(28)29-15-20)25(32)30-21-8-10-26(4,33)11-9-21/h5,13-15,18,21,33H,2,6-12,16H2,1,3-4H3,(H2,28,29)(H,30,32)/b19-5+,23-14+/t18-,21?,26?/m1/s1. The van der Waals surface area contributed by atoms with E-state index in [0.29, 0.717) is 29.5 Å². The number of anilines is 1. The molecular weight excluding hydrogens is 436 g/mol. The van der Waals surface area contributed by atoms with Crippen molar-refractivity contribution < 1.29 is 9.90 Å². The SMILES string of the molecule is C=C(CN1CCC[C@H]1C)/C(Cl)=C\C(=C/C)c1cnc(N)c(C(=O)NC2CCC(C)(O)CC2)c1. The Morgan fingerprint density at radius 1 is 1.42 bits per heavy atom. The fourth-order valence-electron chi connectivity index (χ4n) is 4.58. The molecule has 4 N–H and O–H groups in total. The van der Waals surface area contributed by atoms with Crippen LogP contribution in [-0.4, -0.2) is 51.7 Å².